The summed E-state index contributed by atoms with van der Waals surface area (Å²) in [5.74, 6) is 0. The number of sulfonamides is 1. The fourth-order valence-electron chi connectivity index (χ4n) is 1.79. The van der Waals surface area contributed by atoms with E-state index in [1.165, 1.54) is 0 Å². The molecule has 0 amide bonds. The highest BCUT2D eigenvalue weighted by atomic mass is 35.5. The molecule has 0 aliphatic rings. The fourth-order valence-corrected chi connectivity index (χ4v) is 3.41. The third-order valence-corrected chi connectivity index (χ3v) is 4.88. The zero-order valence-electron chi connectivity index (χ0n) is 12.1. The Morgan fingerprint density at radius 3 is 2.60 bits per heavy atom. The van der Waals surface area contributed by atoms with Crippen molar-refractivity contribution in [3.8, 4) is 0 Å². The van der Waals surface area contributed by atoms with Crippen LogP contribution >= 0.6 is 11.6 Å². The summed E-state index contributed by atoms with van der Waals surface area (Å²) < 4.78 is 27.1. The summed E-state index contributed by atoms with van der Waals surface area (Å²) in [6.45, 7) is 5.99. The maximum absolute atomic E-state index is 12.2. The molecule has 0 fully saturated rings. The summed E-state index contributed by atoms with van der Waals surface area (Å²) in [6.07, 6.45) is 2.90. The first-order chi connectivity index (χ1) is 9.51. The maximum Gasteiger partial charge on any atom is 0.242 e. The second-order valence-corrected chi connectivity index (χ2v) is 6.79. The molecule has 0 bridgehead atoms. The van der Waals surface area contributed by atoms with Gasteiger partial charge in [0.2, 0.25) is 10.0 Å². The van der Waals surface area contributed by atoms with E-state index in [1.807, 2.05) is 13.0 Å². The Balaban J connectivity index is 2.81. The molecule has 6 heteroatoms. The minimum absolute atomic E-state index is 0.158. The smallest absolute Gasteiger partial charge is 0.242 e. The standard InChI is InChI=1S/C14H23ClN2O2S/c1-3-5-6-9-17-20(18,19)14-10-12(11-16-4-2)7-8-13(14)15/h7-8,10,16-17H,3-6,9,11H2,1-2H3. The molecule has 2 N–H and O–H groups in total. The Kier molecular flexibility index (Phi) is 7.51. The van der Waals surface area contributed by atoms with Gasteiger partial charge in [0.05, 0.1) is 5.02 Å². The van der Waals surface area contributed by atoms with Crippen molar-refractivity contribution in [2.24, 2.45) is 0 Å². The molecule has 0 heterocycles. The predicted molar refractivity (Wildman–Crippen MR) is 83.5 cm³/mol. The molecule has 4 nitrogen and oxygen atoms in total. The number of nitrogens with one attached hydrogen (secondary N) is 2. The van der Waals surface area contributed by atoms with Crippen molar-refractivity contribution >= 4 is 21.6 Å². The Morgan fingerprint density at radius 1 is 1.20 bits per heavy atom. The topological polar surface area (TPSA) is 58.2 Å². The molecule has 0 saturated carbocycles. The van der Waals surface area contributed by atoms with E-state index in [1.54, 1.807) is 12.1 Å². The van der Waals surface area contributed by atoms with Crippen molar-refractivity contribution in [2.45, 2.75) is 44.6 Å². The summed E-state index contributed by atoms with van der Waals surface area (Å²) in [5.41, 5.74) is 0.908. The Morgan fingerprint density at radius 2 is 1.95 bits per heavy atom. The fraction of sp³-hybridized carbons (Fsp3) is 0.571. The summed E-state index contributed by atoms with van der Waals surface area (Å²) >= 11 is 6.02. The summed E-state index contributed by atoms with van der Waals surface area (Å²) in [5, 5.41) is 3.42. The van der Waals surface area contributed by atoms with Crippen molar-refractivity contribution in [2.75, 3.05) is 13.1 Å². The number of hydrogen-bond donors (Lipinski definition) is 2. The normalized spacial score (nSPS) is 11.8. The lowest BCUT2D eigenvalue weighted by Gasteiger charge is -2.10. The minimum Gasteiger partial charge on any atom is -0.313 e. The van der Waals surface area contributed by atoms with Crippen LogP contribution in [0.4, 0.5) is 0 Å². The molecule has 20 heavy (non-hydrogen) atoms. The Labute approximate surface area is 127 Å². The molecule has 1 aromatic rings. The van der Waals surface area contributed by atoms with Crippen molar-refractivity contribution in [3.05, 3.63) is 28.8 Å². The average Bonchev–Trinajstić information content (AvgIpc) is 2.42. The summed E-state index contributed by atoms with van der Waals surface area (Å²) in [4.78, 5) is 0.158. The molecule has 114 valence electrons. The van der Waals surface area contributed by atoms with Gasteiger partial charge >= 0.3 is 0 Å². The van der Waals surface area contributed by atoms with Gasteiger partial charge in [0.1, 0.15) is 4.90 Å². The van der Waals surface area contributed by atoms with E-state index < -0.39 is 10.0 Å². The summed E-state index contributed by atoms with van der Waals surface area (Å²) in [6, 6.07) is 5.10. The van der Waals surface area contributed by atoms with Gasteiger partial charge in [0.25, 0.3) is 0 Å². The van der Waals surface area contributed by atoms with Gasteiger partial charge in [-0.05, 0) is 30.7 Å². The summed E-state index contributed by atoms with van der Waals surface area (Å²) in [7, 11) is -3.53. The van der Waals surface area contributed by atoms with Gasteiger partial charge in [0, 0.05) is 13.1 Å². The number of unbranched alkanes of at least 4 members (excludes halogenated alkanes) is 2. The molecular weight excluding hydrogens is 296 g/mol. The van der Waals surface area contributed by atoms with Gasteiger partial charge in [-0.25, -0.2) is 13.1 Å². The zero-order valence-corrected chi connectivity index (χ0v) is 13.6. The molecule has 0 aliphatic carbocycles. The number of rotatable bonds is 9. The zero-order chi connectivity index (χ0) is 15.0. The monoisotopic (exact) mass is 318 g/mol. The minimum atomic E-state index is -3.53. The Hall–Kier alpha value is -0.620. The van der Waals surface area contributed by atoms with Crippen LogP contribution in [0.25, 0.3) is 0 Å². The average molecular weight is 319 g/mol. The van der Waals surface area contributed by atoms with Crippen LogP contribution in [0.15, 0.2) is 23.1 Å². The second kappa shape index (κ2) is 8.62. The van der Waals surface area contributed by atoms with Crippen LogP contribution in [0.1, 0.15) is 38.7 Å². The van der Waals surface area contributed by atoms with Gasteiger partial charge in [0.15, 0.2) is 0 Å². The van der Waals surface area contributed by atoms with E-state index in [4.69, 9.17) is 11.6 Å². The van der Waals surface area contributed by atoms with Crippen LogP contribution in [0, 0.1) is 0 Å². The van der Waals surface area contributed by atoms with Crippen molar-refractivity contribution in [1.29, 1.82) is 0 Å². The lowest BCUT2D eigenvalue weighted by Crippen LogP contribution is -2.25. The lowest BCUT2D eigenvalue weighted by molar-refractivity contribution is 0.576. The highest BCUT2D eigenvalue weighted by Gasteiger charge is 2.17. The third kappa shape index (κ3) is 5.40. The van der Waals surface area contributed by atoms with E-state index in [0.717, 1.165) is 31.4 Å². The van der Waals surface area contributed by atoms with E-state index >= 15 is 0 Å². The van der Waals surface area contributed by atoms with Crippen molar-refractivity contribution < 1.29 is 8.42 Å². The van der Waals surface area contributed by atoms with Crippen LogP contribution in [0.5, 0.6) is 0 Å². The molecule has 0 spiro atoms. The molecule has 0 atom stereocenters. The lowest BCUT2D eigenvalue weighted by atomic mass is 10.2. The van der Waals surface area contributed by atoms with Gasteiger partial charge < -0.3 is 5.32 Å². The molecule has 1 aromatic carbocycles. The van der Waals surface area contributed by atoms with Gasteiger partial charge in [-0.3, -0.25) is 0 Å². The van der Waals surface area contributed by atoms with E-state index in [0.29, 0.717) is 13.1 Å². The number of hydrogen-bond acceptors (Lipinski definition) is 3. The number of halogens is 1. The third-order valence-electron chi connectivity index (χ3n) is 2.94. The predicted octanol–water partition coefficient (Wildman–Crippen LogP) is 2.92. The van der Waals surface area contributed by atoms with Gasteiger partial charge in [-0.2, -0.15) is 0 Å². The van der Waals surface area contributed by atoms with Crippen LogP contribution < -0.4 is 10.0 Å². The van der Waals surface area contributed by atoms with E-state index in [2.05, 4.69) is 17.0 Å². The van der Waals surface area contributed by atoms with Crippen molar-refractivity contribution in [1.82, 2.24) is 10.0 Å². The first kappa shape index (κ1) is 17.4. The Bertz CT molecular complexity index is 518. The SMILES string of the molecule is CCCCCNS(=O)(=O)c1cc(CNCC)ccc1Cl. The van der Waals surface area contributed by atoms with Gasteiger partial charge in [-0.15, -0.1) is 0 Å². The highest BCUT2D eigenvalue weighted by molar-refractivity contribution is 7.89. The quantitative estimate of drug-likeness (QED) is 0.688. The van der Waals surface area contributed by atoms with E-state index in [9.17, 15) is 8.42 Å². The number of benzene rings is 1. The van der Waals surface area contributed by atoms with Gasteiger partial charge in [-0.1, -0.05) is 44.4 Å². The van der Waals surface area contributed by atoms with Crippen LogP contribution in [0.3, 0.4) is 0 Å². The van der Waals surface area contributed by atoms with Crippen molar-refractivity contribution in [3.63, 3.8) is 0 Å². The molecule has 0 aliphatic heterocycles. The molecule has 0 saturated heterocycles. The first-order valence-electron chi connectivity index (χ1n) is 7.00. The molecule has 0 unspecified atom stereocenters. The molecule has 0 aromatic heterocycles. The van der Waals surface area contributed by atoms with Crippen LogP contribution in [-0.2, 0) is 16.6 Å². The van der Waals surface area contributed by atoms with Crippen LogP contribution in [-0.4, -0.2) is 21.5 Å². The molecule has 1 rings (SSSR count). The second-order valence-electron chi connectivity index (χ2n) is 4.65. The van der Waals surface area contributed by atoms with E-state index in [-0.39, 0.29) is 9.92 Å². The largest absolute Gasteiger partial charge is 0.313 e. The first-order valence-corrected chi connectivity index (χ1v) is 8.86. The maximum atomic E-state index is 12.2. The van der Waals surface area contributed by atoms with Crippen LogP contribution in [0.2, 0.25) is 5.02 Å². The molecular formula is C14H23ClN2O2S. The molecule has 0 radical (unpaired) electrons. The highest BCUT2D eigenvalue weighted by Crippen LogP contribution is 2.22.